The normalized spacial score (nSPS) is 17.5. The van der Waals surface area contributed by atoms with E-state index in [1.165, 1.54) is 44.9 Å². The smallest absolute Gasteiger partial charge is 0.232 e. The average Bonchev–Trinajstić information content (AvgIpc) is 3.35. The number of likely N-dealkylation sites (tertiary alicyclic amines) is 1. The number of nitrogens with two attached hydrogens (primary N) is 1. The Kier molecular flexibility index (Phi) is 11.2. The number of carbonyl (C=O) groups excluding carboxylic acids is 1. The lowest BCUT2D eigenvalue weighted by Gasteiger charge is -2.37. The second kappa shape index (κ2) is 14.4. The number of unbranched alkanes of at least 4 members (excludes halogenated alkanes) is 6. The molecule has 5 heteroatoms. The predicted octanol–water partition coefficient (Wildman–Crippen LogP) is 4.48. The summed E-state index contributed by atoms with van der Waals surface area (Å²) in [5.74, 6) is -0.0743. The monoisotopic (exact) mass is 479 g/mol. The van der Waals surface area contributed by atoms with Crippen LogP contribution in [0.5, 0.6) is 0 Å². The maximum absolute atomic E-state index is 13.2. The van der Waals surface area contributed by atoms with Gasteiger partial charge in [-0.1, -0.05) is 92.8 Å². The van der Waals surface area contributed by atoms with E-state index in [4.69, 9.17) is 10.8 Å². The fourth-order valence-electron chi connectivity index (χ4n) is 5.67. The van der Waals surface area contributed by atoms with Gasteiger partial charge in [-0.25, -0.2) is 0 Å². The van der Waals surface area contributed by atoms with Crippen LogP contribution in [-0.4, -0.2) is 54.7 Å². The van der Waals surface area contributed by atoms with Crippen molar-refractivity contribution in [2.45, 2.75) is 69.7 Å². The second-order valence-electron chi connectivity index (χ2n) is 10.2. The number of primary amides is 1. The molecular formula is C30H45N3O2. The second-order valence-corrected chi connectivity index (χ2v) is 10.2. The van der Waals surface area contributed by atoms with E-state index in [9.17, 15) is 4.79 Å². The maximum Gasteiger partial charge on any atom is 0.232 e. The van der Waals surface area contributed by atoms with Crippen molar-refractivity contribution in [3.05, 3.63) is 71.8 Å². The SMILES string of the molecule is CC(CO)NCCCCCCCCCN1CC[C@H](C(C(N)=O)(c2ccccc2)c2ccccc2)C1. The van der Waals surface area contributed by atoms with E-state index in [1.807, 2.05) is 43.3 Å². The Bertz CT molecular complexity index is 819. The molecule has 5 nitrogen and oxygen atoms in total. The number of hydrogen-bond donors (Lipinski definition) is 3. The summed E-state index contributed by atoms with van der Waals surface area (Å²) >= 11 is 0. The van der Waals surface area contributed by atoms with Crippen LogP contribution in [0.25, 0.3) is 0 Å². The number of benzene rings is 2. The highest BCUT2D eigenvalue weighted by Gasteiger charge is 2.49. The molecule has 2 aromatic carbocycles. The van der Waals surface area contributed by atoms with Crippen molar-refractivity contribution < 1.29 is 9.90 Å². The van der Waals surface area contributed by atoms with Crippen LogP contribution in [0.15, 0.2) is 60.7 Å². The van der Waals surface area contributed by atoms with E-state index in [1.54, 1.807) is 0 Å². The van der Waals surface area contributed by atoms with Gasteiger partial charge >= 0.3 is 0 Å². The number of carbonyl (C=O) groups is 1. The number of aliphatic hydroxyl groups excluding tert-OH is 1. The number of nitrogens with one attached hydrogen (secondary N) is 1. The summed E-state index contributed by atoms with van der Waals surface area (Å²) in [6.07, 6.45) is 9.77. The first kappa shape index (κ1) is 27.4. The molecule has 35 heavy (non-hydrogen) atoms. The van der Waals surface area contributed by atoms with E-state index < -0.39 is 5.41 Å². The zero-order valence-electron chi connectivity index (χ0n) is 21.5. The molecule has 2 aromatic rings. The van der Waals surface area contributed by atoms with Gasteiger partial charge in [0.1, 0.15) is 5.41 Å². The highest BCUT2D eigenvalue weighted by Crippen LogP contribution is 2.43. The summed E-state index contributed by atoms with van der Waals surface area (Å²) in [6, 6.07) is 20.5. The number of rotatable bonds is 16. The lowest BCUT2D eigenvalue weighted by molar-refractivity contribution is -0.123. The van der Waals surface area contributed by atoms with Crippen LogP contribution in [-0.2, 0) is 10.2 Å². The maximum atomic E-state index is 13.2. The number of amides is 1. The van der Waals surface area contributed by atoms with E-state index in [2.05, 4.69) is 34.5 Å². The molecule has 0 spiro atoms. The molecule has 0 aromatic heterocycles. The van der Waals surface area contributed by atoms with E-state index in [0.29, 0.717) is 0 Å². The van der Waals surface area contributed by atoms with Gasteiger partial charge in [-0.15, -0.1) is 0 Å². The molecular weight excluding hydrogens is 434 g/mol. The summed E-state index contributed by atoms with van der Waals surface area (Å²) in [5, 5.41) is 12.4. The summed E-state index contributed by atoms with van der Waals surface area (Å²) < 4.78 is 0. The zero-order valence-corrected chi connectivity index (χ0v) is 21.5. The van der Waals surface area contributed by atoms with Gasteiger partial charge < -0.3 is 21.1 Å². The fourth-order valence-corrected chi connectivity index (χ4v) is 5.67. The molecule has 1 unspecified atom stereocenters. The minimum atomic E-state index is -0.791. The predicted molar refractivity (Wildman–Crippen MR) is 144 cm³/mol. The van der Waals surface area contributed by atoms with Gasteiger partial charge in [0.2, 0.25) is 5.91 Å². The topological polar surface area (TPSA) is 78.6 Å². The molecule has 0 aliphatic carbocycles. The molecule has 1 fully saturated rings. The van der Waals surface area contributed by atoms with Crippen LogP contribution in [0.3, 0.4) is 0 Å². The first-order valence-electron chi connectivity index (χ1n) is 13.6. The van der Waals surface area contributed by atoms with Crippen LogP contribution in [0.2, 0.25) is 0 Å². The molecule has 0 bridgehead atoms. The third-order valence-corrected chi connectivity index (χ3v) is 7.65. The number of hydrogen-bond acceptors (Lipinski definition) is 4. The average molecular weight is 480 g/mol. The highest BCUT2D eigenvalue weighted by molar-refractivity contribution is 5.91. The molecule has 4 N–H and O–H groups in total. The number of nitrogens with zero attached hydrogens (tertiary/aromatic N) is 1. The Morgan fingerprint density at radius 3 is 2.06 bits per heavy atom. The summed E-state index contributed by atoms with van der Waals surface area (Å²) in [5.41, 5.74) is 7.43. The fraction of sp³-hybridized carbons (Fsp3) is 0.567. The van der Waals surface area contributed by atoms with Gasteiger partial charge in [0.25, 0.3) is 0 Å². The minimum Gasteiger partial charge on any atom is -0.395 e. The molecule has 1 amide bonds. The molecule has 1 aliphatic rings. The molecule has 1 saturated heterocycles. The molecule has 2 atom stereocenters. The van der Waals surface area contributed by atoms with Gasteiger partial charge in [0.15, 0.2) is 0 Å². The lowest BCUT2D eigenvalue weighted by Crippen LogP contribution is -2.49. The molecule has 1 heterocycles. The van der Waals surface area contributed by atoms with Crippen LogP contribution in [0.4, 0.5) is 0 Å². The van der Waals surface area contributed by atoms with E-state index in [0.717, 1.165) is 43.7 Å². The molecule has 0 radical (unpaired) electrons. The van der Waals surface area contributed by atoms with Crippen molar-refractivity contribution in [3.8, 4) is 0 Å². The standard InChI is InChI=1S/C30H45N3O2/c1-25(24-34)32-20-13-5-3-2-4-6-14-21-33-22-19-28(23-33)30(29(31)35,26-15-9-7-10-16-26)27-17-11-8-12-18-27/h7-12,15-18,25,28,32,34H,2-6,13-14,19-24H2,1H3,(H2,31,35)/t25?,28-/m0/s1. The van der Waals surface area contributed by atoms with Gasteiger partial charge in [-0.2, -0.15) is 0 Å². The van der Waals surface area contributed by atoms with E-state index >= 15 is 0 Å². The van der Waals surface area contributed by atoms with Crippen molar-refractivity contribution in [1.82, 2.24) is 10.2 Å². The Morgan fingerprint density at radius 2 is 1.51 bits per heavy atom. The Labute approximate surface area is 212 Å². The van der Waals surface area contributed by atoms with Gasteiger partial charge in [-0.05, 0) is 62.9 Å². The first-order valence-corrected chi connectivity index (χ1v) is 13.6. The van der Waals surface area contributed by atoms with Crippen LogP contribution >= 0.6 is 0 Å². The third-order valence-electron chi connectivity index (χ3n) is 7.65. The van der Waals surface area contributed by atoms with Crippen molar-refractivity contribution in [2.75, 3.05) is 32.8 Å². The van der Waals surface area contributed by atoms with Gasteiger partial charge in [-0.3, -0.25) is 4.79 Å². The summed E-state index contributed by atoms with van der Waals surface area (Å²) in [7, 11) is 0. The lowest BCUT2D eigenvalue weighted by atomic mass is 9.64. The Balaban J connectivity index is 1.47. The van der Waals surface area contributed by atoms with Crippen LogP contribution < -0.4 is 11.1 Å². The van der Waals surface area contributed by atoms with E-state index in [-0.39, 0.29) is 24.5 Å². The van der Waals surface area contributed by atoms with Crippen LogP contribution in [0, 0.1) is 5.92 Å². The largest absolute Gasteiger partial charge is 0.395 e. The third kappa shape index (κ3) is 7.39. The molecule has 3 rings (SSSR count). The van der Waals surface area contributed by atoms with Crippen LogP contribution in [0.1, 0.15) is 69.4 Å². The molecule has 1 aliphatic heterocycles. The van der Waals surface area contributed by atoms with Crippen molar-refractivity contribution in [1.29, 1.82) is 0 Å². The summed E-state index contributed by atoms with van der Waals surface area (Å²) in [6.45, 7) is 6.25. The molecule has 0 saturated carbocycles. The van der Waals surface area contributed by atoms with Gasteiger partial charge in [0, 0.05) is 12.6 Å². The first-order chi connectivity index (χ1) is 17.1. The summed E-state index contributed by atoms with van der Waals surface area (Å²) in [4.78, 5) is 15.7. The molecule has 192 valence electrons. The Hall–Kier alpha value is -2.21. The van der Waals surface area contributed by atoms with Gasteiger partial charge in [0.05, 0.1) is 6.61 Å². The Morgan fingerprint density at radius 1 is 0.971 bits per heavy atom. The minimum absolute atomic E-state index is 0.173. The van der Waals surface area contributed by atoms with Crippen molar-refractivity contribution in [3.63, 3.8) is 0 Å². The zero-order chi connectivity index (χ0) is 24.9. The quantitative estimate of drug-likeness (QED) is 0.310. The van der Waals surface area contributed by atoms with Crippen molar-refractivity contribution >= 4 is 5.91 Å². The number of aliphatic hydroxyl groups is 1. The van der Waals surface area contributed by atoms with Crippen molar-refractivity contribution in [2.24, 2.45) is 11.7 Å². The highest BCUT2D eigenvalue weighted by atomic mass is 16.3.